The van der Waals surface area contributed by atoms with E-state index in [0.717, 1.165) is 12.1 Å². The van der Waals surface area contributed by atoms with Gasteiger partial charge in [-0.25, -0.2) is 0 Å². The number of hydrogen-bond acceptors (Lipinski definition) is 4. The molecular formula is C17H20F3NO5. The molecule has 0 saturated carbocycles. The van der Waals surface area contributed by atoms with E-state index >= 15 is 0 Å². The third-order valence-electron chi connectivity index (χ3n) is 4.07. The van der Waals surface area contributed by atoms with Gasteiger partial charge in [-0.3, -0.25) is 9.59 Å². The molecule has 0 spiro atoms. The van der Waals surface area contributed by atoms with Gasteiger partial charge in [-0.2, -0.15) is 0 Å². The first-order valence-corrected chi connectivity index (χ1v) is 8.13. The molecule has 2 N–H and O–H groups in total. The van der Waals surface area contributed by atoms with Gasteiger partial charge in [-0.15, -0.1) is 13.2 Å². The summed E-state index contributed by atoms with van der Waals surface area (Å²) >= 11 is 0. The van der Waals surface area contributed by atoms with Crippen molar-refractivity contribution in [1.82, 2.24) is 5.32 Å². The zero-order valence-corrected chi connectivity index (χ0v) is 14.1. The monoisotopic (exact) mass is 375 g/mol. The lowest BCUT2D eigenvalue weighted by Gasteiger charge is -2.28. The maximum atomic E-state index is 12.4. The fourth-order valence-electron chi connectivity index (χ4n) is 2.85. The number of carboxylic acid groups (broad SMARTS) is 1. The molecule has 2 rings (SSSR count). The molecule has 6 nitrogen and oxygen atoms in total. The predicted octanol–water partition coefficient (Wildman–Crippen LogP) is 3.03. The van der Waals surface area contributed by atoms with E-state index in [4.69, 9.17) is 9.84 Å². The molecule has 0 aromatic heterocycles. The lowest BCUT2D eigenvalue weighted by atomic mass is 9.94. The lowest BCUT2D eigenvalue weighted by molar-refractivity contribution is -0.274. The first-order valence-electron chi connectivity index (χ1n) is 8.13. The molecule has 144 valence electrons. The molecule has 1 aromatic carbocycles. The van der Waals surface area contributed by atoms with E-state index < -0.39 is 24.1 Å². The van der Waals surface area contributed by atoms with Gasteiger partial charge in [0.25, 0.3) is 0 Å². The van der Waals surface area contributed by atoms with Crippen molar-refractivity contribution in [2.45, 2.75) is 44.7 Å². The van der Waals surface area contributed by atoms with Gasteiger partial charge in [0.2, 0.25) is 5.91 Å². The summed E-state index contributed by atoms with van der Waals surface area (Å²) in [5, 5.41) is 11.8. The minimum absolute atomic E-state index is 0.0591. The van der Waals surface area contributed by atoms with Gasteiger partial charge in [0.1, 0.15) is 5.75 Å². The molecule has 0 bridgehead atoms. The summed E-state index contributed by atoms with van der Waals surface area (Å²) in [6.45, 7) is 2.31. The fraction of sp³-hybridized carbons (Fsp3) is 0.529. The van der Waals surface area contributed by atoms with E-state index in [2.05, 4.69) is 10.1 Å². The molecule has 26 heavy (non-hydrogen) atoms. The Kier molecular flexibility index (Phi) is 6.47. The van der Waals surface area contributed by atoms with Crippen LogP contribution >= 0.6 is 0 Å². The van der Waals surface area contributed by atoms with Crippen LogP contribution in [0.1, 0.15) is 37.8 Å². The number of alkyl halides is 3. The molecule has 0 radical (unpaired) electrons. The summed E-state index contributed by atoms with van der Waals surface area (Å²) < 4.78 is 45.8. The second-order valence-electron chi connectivity index (χ2n) is 6.18. The molecule has 1 fully saturated rings. The number of carbonyl (C=O) groups excluding carboxylic acids is 1. The van der Waals surface area contributed by atoms with Crippen molar-refractivity contribution in [3.63, 3.8) is 0 Å². The highest BCUT2D eigenvalue weighted by molar-refractivity contribution is 5.80. The number of hydrogen-bond donors (Lipinski definition) is 2. The van der Waals surface area contributed by atoms with E-state index in [-0.39, 0.29) is 24.3 Å². The van der Waals surface area contributed by atoms with Crippen LogP contribution in [-0.4, -0.2) is 36.1 Å². The summed E-state index contributed by atoms with van der Waals surface area (Å²) in [4.78, 5) is 23.5. The van der Waals surface area contributed by atoms with Gasteiger partial charge in [-0.05, 0) is 37.5 Å². The minimum Gasteiger partial charge on any atom is -0.481 e. The van der Waals surface area contributed by atoms with E-state index in [0.29, 0.717) is 25.0 Å². The Morgan fingerprint density at radius 3 is 2.54 bits per heavy atom. The number of aliphatic carboxylic acids is 1. The molecule has 1 amide bonds. The quantitative estimate of drug-likeness (QED) is 0.798. The van der Waals surface area contributed by atoms with Gasteiger partial charge >= 0.3 is 12.3 Å². The Hall–Kier alpha value is -2.29. The highest BCUT2D eigenvalue weighted by Gasteiger charge is 2.31. The second-order valence-corrected chi connectivity index (χ2v) is 6.18. The van der Waals surface area contributed by atoms with Crippen molar-refractivity contribution in [2.75, 3.05) is 6.61 Å². The second kappa shape index (κ2) is 8.39. The zero-order valence-electron chi connectivity index (χ0n) is 14.1. The summed E-state index contributed by atoms with van der Waals surface area (Å²) in [7, 11) is 0. The number of rotatable bonds is 6. The average Bonchev–Trinajstić information content (AvgIpc) is 2.53. The van der Waals surface area contributed by atoms with Crippen molar-refractivity contribution in [3.05, 3.63) is 29.8 Å². The van der Waals surface area contributed by atoms with Crippen molar-refractivity contribution < 1.29 is 37.3 Å². The third-order valence-corrected chi connectivity index (χ3v) is 4.07. The maximum Gasteiger partial charge on any atom is 0.573 e. The minimum atomic E-state index is -4.81. The number of carbonyl (C=O) groups is 2. The van der Waals surface area contributed by atoms with E-state index in [1.807, 2.05) is 6.92 Å². The summed E-state index contributed by atoms with van der Waals surface area (Å²) in [6, 6.07) is 3.93. The van der Waals surface area contributed by atoms with Crippen molar-refractivity contribution in [2.24, 2.45) is 5.92 Å². The number of carboxylic acids is 1. The molecule has 9 heteroatoms. The Balaban J connectivity index is 2.08. The topological polar surface area (TPSA) is 84.9 Å². The molecule has 1 saturated heterocycles. The Bertz CT molecular complexity index is 632. The fourth-order valence-corrected chi connectivity index (χ4v) is 2.85. The first-order chi connectivity index (χ1) is 12.1. The van der Waals surface area contributed by atoms with E-state index in [1.54, 1.807) is 0 Å². The highest BCUT2D eigenvalue weighted by Crippen LogP contribution is 2.27. The standard InChI is InChI=1S/C17H20F3NO5/c1-10-8-12(6-7-25-10)16(24)21-14(9-15(22)23)11-2-4-13(5-3-11)26-17(18,19)20/h2-5,10,12,14H,6-9H2,1H3,(H,21,24)(H,22,23). The van der Waals surface area contributed by atoms with Crippen LogP contribution in [0.5, 0.6) is 5.75 Å². The van der Waals surface area contributed by atoms with Gasteiger partial charge < -0.3 is 19.9 Å². The smallest absolute Gasteiger partial charge is 0.481 e. The first kappa shape index (κ1) is 20.0. The molecule has 1 aromatic rings. The van der Waals surface area contributed by atoms with Crippen LogP contribution in [0.25, 0.3) is 0 Å². The Labute approximate surface area is 148 Å². The van der Waals surface area contributed by atoms with Crippen LogP contribution in [0.4, 0.5) is 13.2 Å². The van der Waals surface area contributed by atoms with Gasteiger partial charge in [0.15, 0.2) is 0 Å². The molecule has 3 atom stereocenters. The SMILES string of the molecule is CC1CC(C(=O)NC(CC(=O)O)c2ccc(OC(F)(F)F)cc2)CCO1. The average molecular weight is 375 g/mol. The van der Waals surface area contributed by atoms with E-state index in [1.165, 1.54) is 12.1 Å². The largest absolute Gasteiger partial charge is 0.573 e. The molecule has 1 aliphatic heterocycles. The number of ether oxygens (including phenoxy) is 2. The molecule has 0 aliphatic carbocycles. The van der Waals surface area contributed by atoms with Crippen LogP contribution in [0.3, 0.4) is 0 Å². The van der Waals surface area contributed by atoms with Crippen LogP contribution < -0.4 is 10.1 Å². The third kappa shape index (κ3) is 6.21. The molecule has 3 unspecified atom stereocenters. The number of benzene rings is 1. The number of amides is 1. The van der Waals surface area contributed by atoms with Crippen LogP contribution in [0.2, 0.25) is 0 Å². The normalized spacial score (nSPS) is 21.7. The Morgan fingerprint density at radius 2 is 2.00 bits per heavy atom. The number of halogens is 3. The van der Waals surface area contributed by atoms with Crippen molar-refractivity contribution in [1.29, 1.82) is 0 Å². The number of nitrogens with one attached hydrogen (secondary N) is 1. The van der Waals surface area contributed by atoms with Gasteiger partial charge in [-0.1, -0.05) is 12.1 Å². The molecule has 1 aliphatic rings. The van der Waals surface area contributed by atoms with Crippen LogP contribution in [0, 0.1) is 5.92 Å². The molecule has 1 heterocycles. The summed E-state index contributed by atoms with van der Waals surface area (Å²) in [5.74, 6) is -2.13. The van der Waals surface area contributed by atoms with Crippen LogP contribution in [-0.2, 0) is 14.3 Å². The van der Waals surface area contributed by atoms with Crippen molar-refractivity contribution in [3.8, 4) is 5.75 Å². The lowest BCUT2D eigenvalue weighted by Crippen LogP contribution is -2.39. The predicted molar refractivity (Wildman–Crippen MR) is 84.4 cm³/mol. The summed E-state index contributed by atoms with van der Waals surface area (Å²) in [5.41, 5.74) is 0.385. The van der Waals surface area contributed by atoms with Gasteiger partial charge in [0.05, 0.1) is 18.6 Å². The van der Waals surface area contributed by atoms with Gasteiger partial charge in [0, 0.05) is 12.5 Å². The molecular weight excluding hydrogens is 355 g/mol. The van der Waals surface area contributed by atoms with Crippen LogP contribution in [0.15, 0.2) is 24.3 Å². The highest BCUT2D eigenvalue weighted by atomic mass is 19.4. The van der Waals surface area contributed by atoms with E-state index in [9.17, 15) is 22.8 Å². The zero-order chi connectivity index (χ0) is 19.3. The maximum absolute atomic E-state index is 12.4. The van der Waals surface area contributed by atoms with Crippen molar-refractivity contribution >= 4 is 11.9 Å². The summed E-state index contributed by atoms with van der Waals surface area (Å²) in [6.07, 6.45) is -4.19. The Morgan fingerprint density at radius 1 is 1.35 bits per heavy atom.